The van der Waals surface area contributed by atoms with Crippen molar-refractivity contribution in [2.75, 3.05) is 0 Å². The van der Waals surface area contributed by atoms with Crippen LogP contribution in [0.25, 0.3) is 0 Å². The maximum absolute atomic E-state index is 12.4. The van der Waals surface area contributed by atoms with E-state index in [9.17, 15) is 13.2 Å². The molecule has 1 aromatic heterocycles. The second-order valence-corrected chi connectivity index (χ2v) is 3.60. The van der Waals surface area contributed by atoms with E-state index in [0.29, 0.717) is 12.1 Å². The van der Waals surface area contributed by atoms with Gasteiger partial charge in [-0.05, 0) is 43.4 Å². The molecule has 0 spiro atoms. The second kappa shape index (κ2) is 2.97. The van der Waals surface area contributed by atoms with Gasteiger partial charge in [0.1, 0.15) is 5.69 Å². The summed E-state index contributed by atoms with van der Waals surface area (Å²) >= 11 is 0. The Morgan fingerprint density at radius 1 is 1.29 bits per heavy atom. The Morgan fingerprint density at radius 2 is 2.00 bits per heavy atom. The van der Waals surface area contributed by atoms with Gasteiger partial charge >= 0.3 is 6.18 Å². The zero-order chi connectivity index (χ0) is 10.3. The lowest BCUT2D eigenvalue weighted by Gasteiger charge is -2.10. The van der Waals surface area contributed by atoms with Crippen LogP contribution in [-0.2, 0) is 19.0 Å². The molecule has 0 radical (unpaired) electrons. The molecule has 0 fully saturated rings. The topological polar surface area (TPSA) is 12.9 Å². The van der Waals surface area contributed by atoms with E-state index in [0.717, 1.165) is 30.0 Å². The summed E-state index contributed by atoms with van der Waals surface area (Å²) in [5.41, 5.74) is 1.62. The minimum atomic E-state index is -4.32. The van der Waals surface area contributed by atoms with Gasteiger partial charge in [-0.1, -0.05) is 0 Å². The summed E-state index contributed by atoms with van der Waals surface area (Å²) in [7, 11) is 0. The molecular weight excluding hydrogens is 191 g/mol. The first-order chi connectivity index (χ1) is 6.48. The molecule has 1 nitrogen and oxygen atoms in total. The molecule has 0 aromatic carbocycles. The summed E-state index contributed by atoms with van der Waals surface area (Å²) in [6, 6.07) is 1.14. The molecule has 1 aliphatic carbocycles. The Morgan fingerprint density at radius 3 is 2.64 bits per heavy atom. The first-order valence-electron chi connectivity index (χ1n) is 4.55. The number of nitrogens with zero attached hydrogens (tertiary/aromatic N) is 1. The second-order valence-electron chi connectivity index (χ2n) is 3.60. The van der Waals surface area contributed by atoms with Crippen molar-refractivity contribution in [2.45, 2.75) is 32.4 Å². The molecule has 0 atom stereocenters. The summed E-state index contributed by atoms with van der Waals surface area (Å²) in [4.78, 5) is 3.66. The third-order valence-corrected chi connectivity index (χ3v) is 2.56. The number of hydrogen-bond donors (Lipinski definition) is 0. The lowest BCUT2D eigenvalue weighted by molar-refractivity contribution is -0.141. The molecule has 14 heavy (non-hydrogen) atoms. The smallest absolute Gasteiger partial charge is 0.248 e. The average molecular weight is 201 g/mol. The van der Waals surface area contributed by atoms with Gasteiger partial charge in [-0.2, -0.15) is 13.2 Å². The van der Waals surface area contributed by atoms with Crippen LogP contribution in [0.3, 0.4) is 0 Å². The van der Waals surface area contributed by atoms with Gasteiger partial charge in [0, 0.05) is 5.69 Å². The van der Waals surface area contributed by atoms with Gasteiger partial charge in [0.25, 0.3) is 0 Å². The largest absolute Gasteiger partial charge is 0.433 e. The van der Waals surface area contributed by atoms with E-state index in [1.165, 1.54) is 0 Å². The predicted molar refractivity (Wildman–Crippen MR) is 46.0 cm³/mol. The van der Waals surface area contributed by atoms with Gasteiger partial charge in [-0.25, -0.2) is 4.98 Å². The normalized spacial score (nSPS) is 15.7. The number of fused-ring (bicyclic) bond motifs is 1. The van der Waals surface area contributed by atoms with Crippen molar-refractivity contribution in [3.63, 3.8) is 0 Å². The molecule has 0 aliphatic heterocycles. The van der Waals surface area contributed by atoms with E-state index in [-0.39, 0.29) is 0 Å². The van der Waals surface area contributed by atoms with E-state index in [1.54, 1.807) is 6.92 Å². The van der Waals surface area contributed by atoms with Crippen LogP contribution in [0.4, 0.5) is 13.2 Å². The van der Waals surface area contributed by atoms with Gasteiger partial charge in [0.05, 0.1) is 0 Å². The van der Waals surface area contributed by atoms with Gasteiger partial charge in [-0.15, -0.1) is 0 Å². The third kappa shape index (κ3) is 1.49. The average Bonchev–Trinajstić information content (AvgIpc) is 2.50. The van der Waals surface area contributed by atoms with E-state index in [1.807, 2.05) is 0 Å². The first-order valence-corrected chi connectivity index (χ1v) is 4.55. The fourth-order valence-electron chi connectivity index (χ4n) is 1.89. The number of aryl methyl sites for hydroxylation is 2. The van der Waals surface area contributed by atoms with Crippen LogP contribution in [-0.4, -0.2) is 4.98 Å². The molecule has 4 heteroatoms. The van der Waals surface area contributed by atoms with Crippen molar-refractivity contribution in [3.8, 4) is 0 Å². The highest BCUT2D eigenvalue weighted by molar-refractivity contribution is 5.35. The van der Waals surface area contributed by atoms with Crippen LogP contribution in [0.5, 0.6) is 0 Å². The van der Waals surface area contributed by atoms with Crippen molar-refractivity contribution in [3.05, 3.63) is 28.6 Å². The van der Waals surface area contributed by atoms with Crippen LogP contribution < -0.4 is 0 Å². The lowest BCUT2D eigenvalue weighted by Crippen LogP contribution is -2.10. The standard InChI is InChI=1S/C10H10F3N/c1-6-5-9(10(11,12)13)14-8-4-2-3-7(6)8/h5H,2-4H2,1H3. The Bertz CT molecular complexity index is 368. The fraction of sp³-hybridized carbons (Fsp3) is 0.500. The Labute approximate surface area is 80.0 Å². The maximum atomic E-state index is 12.4. The minimum absolute atomic E-state index is 0.636. The van der Waals surface area contributed by atoms with Crippen LogP contribution in [0.15, 0.2) is 6.07 Å². The van der Waals surface area contributed by atoms with Crippen LogP contribution in [0.2, 0.25) is 0 Å². The molecule has 1 heterocycles. The Hall–Kier alpha value is -1.06. The van der Waals surface area contributed by atoms with Crippen LogP contribution in [0.1, 0.15) is 28.9 Å². The monoisotopic (exact) mass is 201 g/mol. The van der Waals surface area contributed by atoms with Crippen molar-refractivity contribution in [1.82, 2.24) is 4.98 Å². The van der Waals surface area contributed by atoms with Gasteiger partial charge in [0.2, 0.25) is 0 Å². The van der Waals surface area contributed by atoms with E-state index < -0.39 is 11.9 Å². The molecular formula is C10H10F3N. The van der Waals surface area contributed by atoms with Crippen molar-refractivity contribution in [1.29, 1.82) is 0 Å². The molecule has 76 valence electrons. The molecule has 1 aromatic rings. The molecule has 0 amide bonds. The number of alkyl halides is 3. The summed E-state index contributed by atoms with van der Waals surface area (Å²) < 4.78 is 37.1. The highest BCUT2D eigenvalue weighted by Gasteiger charge is 2.34. The third-order valence-electron chi connectivity index (χ3n) is 2.56. The quantitative estimate of drug-likeness (QED) is 0.629. The predicted octanol–water partition coefficient (Wildman–Crippen LogP) is 2.90. The van der Waals surface area contributed by atoms with Crippen molar-refractivity contribution >= 4 is 0 Å². The maximum Gasteiger partial charge on any atom is 0.433 e. The molecule has 1 aliphatic rings. The summed E-state index contributed by atoms with van der Waals surface area (Å²) in [6.07, 6.45) is -1.85. The lowest BCUT2D eigenvalue weighted by atomic mass is 10.1. The van der Waals surface area contributed by atoms with Crippen LogP contribution in [0, 0.1) is 6.92 Å². The summed E-state index contributed by atoms with van der Waals surface area (Å²) in [5.74, 6) is 0. The number of aromatic nitrogens is 1. The van der Waals surface area contributed by atoms with E-state index in [2.05, 4.69) is 4.98 Å². The highest BCUT2D eigenvalue weighted by Crippen LogP contribution is 2.32. The number of halogens is 3. The minimum Gasteiger partial charge on any atom is -0.248 e. The highest BCUT2D eigenvalue weighted by atomic mass is 19.4. The van der Waals surface area contributed by atoms with Crippen molar-refractivity contribution < 1.29 is 13.2 Å². The van der Waals surface area contributed by atoms with Crippen LogP contribution >= 0.6 is 0 Å². The number of hydrogen-bond acceptors (Lipinski definition) is 1. The van der Waals surface area contributed by atoms with E-state index >= 15 is 0 Å². The molecule has 0 unspecified atom stereocenters. The molecule has 2 rings (SSSR count). The number of rotatable bonds is 0. The first kappa shape index (κ1) is 9.49. The van der Waals surface area contributed by atoms with Crippen molar-refractivity contribution in [2.24, 2.45) is 0 Å². The van der Waals surface area contributed by atoms with E-state index in [4.69, 9.17) is 0 Å². The molecule has 0 saturated heterocycles. The van der Waals surface area contributed by atoms with Gasteiger partial charge in [-0.3, -0.25) is 0 Å². The Kier molecular flexibility index (Phi) is 2.01. The summed E-state index contributed by atoms with van der Waals surface area (Å²) in [6.45, 7) is 1.72. The molecule has 0 bridgehead atoms. The summed E-state index contributed by atoms with van der Waals surface area (Å²) in [5, 5.41) is 0. The SMILES string of the molecule is Cc1cc(C(F)(F)F)nc2c1CCC2. The Balaban J connectivity index is 2.52. The molecule has 0 saturated carbocycles. The van der Waals surface area contributed by atoms with Gasteiger partial charge < -0.3 is 0 Å². The zero-order valence-corrected chi connectivity index (χ0v) is 7.78. The zero-order valence-electron chi connectivity index (χ0n) is 7.78. The van der Waals surface area contributed by atoms with Gasteiger partial charge in [0.15, 0.2) is 0 Å². The number of pyridine rings is 1. The fourth-order valence-corrected chi connectivity index (χ4v) is 1.89. The molecule has 0 N–H and O–H groups in total.